The summed E-state index contributed by atoms with van der Waals surface area (Å²) >= 11 is 0. The topological polar surface area (TPSA) is 41.6 Å². The molecule has 0 spiro atoms. The molecule has 0 radical (unpaired) electrons. The molecule has 6 rings (SSSR count). The Labute approximate surface area is 218 Å². The molecular formula is C33H30N2O2. The van der Waals surface area contributed by atoms with Crippen LogP contribution in [0.15, 0.2) is 109 Å². The molecule has 184 valence electrons. The van der Waals surface area contributed by atoms with Crippen LogP contribution in [0, 0.1) is 6.92 Å². The third-order valence-electron chi connectivity index (χ3n) is 7.35. The van der Waals surface area contributed by atoms with E-state index in [-0.39, 0.29) is 18.7 Å². The Kier molecular flexibility index (Phi) is 6.23. The van der Waals surface area contributed by atoms with Crippen molar-refractivity contribution in [2.24, 2.45) is 0 Å². The molecule has 2 heterocycles. The molecule has 4 heteroatoms. The fraction of sp³-hybridized carbons (Fsp3) is 0.182. The first-order valence-electron chi connectivity index (χ1n) is 12.9. The summed E-state index contributed by atoms with van der Waals surface area (Å²) in [6.45, 7) is 2.36. The molecule has 2 atom stereocenters. The summed E-state index contributed by atoms with van der Waals surface area (Å²) in [5.74, 6) is 0. The Hall–Kier alpha value is -4.31. The smallest absolute Gasteiger partial charge is 0.407 e. The van der Waals surface area contributed by atoms with Crippen LogP contribution in [-0.2, 0) is 17.8 Å². The SMILES string of the molecule is Cc1ccc([C@@H]2C[C@H](NC(=O)OCc3ccccc3)c3cccc4c3N2C(c2ccccc2)=CC4)cc1. The normalized spacial score (nSPS) is 18.0. The lowest BCUT2D eigenvalue weighted by Gasteiger charge is -2.46. The molecule has 2 aliphatic rings. The molecule has 0 aliphatic carbocycles. The van der Waals surface area contributed by atoms with E-state index < -0.39 is 6.09 Å². The number of allylic oxidation sites excluding steroid dienone is 1. The van der Waals surface area contributed by atoms with Gasteiger partial charge in [-0.3, -0.25) is 0 Å². The van der Waals surface area contributed by atoms with E-state index in [1.165, 1.54) is 33.6 Å². The fourth-order valence-corrected chi connectivity index (χ4v) is 5.54. The Morgan fingerprint density at radius 1 is 0.892 bits per heavy atom. The van der Waals surface area contributed by atoms with Crippen molar-refractivity contribution in [3.8, 4) is 0 Å². The molecule has 2 aliphatic heterocycles. The van der Waals surface area contributed by atoms with Gasteiger partial charge in [0.2, 0.25) is 0 Å². The van der Waals surface area contributed by atoms with Crippen LogP contribution in [-0.4, -0.2) is 6.09 Å². The zero-order valence-corrected chi connectivity index (χ0v) is 20.9. The molecule has 0 aromatic heterocycles. The number of rotatable bonds is 5. The van der Waals surface area contributed by atoms with Crippen molar-refractivity contribution in [1.82, 2.24) is 5.32 Å². The number of amides is 1. The summed E-state index contributed by atoms with van der Waals surface area (Å²) in [5.41, 5.74) is 9.48. The summed E-state index contributed by atoms with van der Waals surface area (Å²) in [5, 5.41) is 3.20. The number of para-hydroxylation sites is 1. The number of aryl methyl sites for hydroxylation is 1. The van der Waals surface area contributed by atoms with Crippen LogP contribution in [0.1, 0.15) is 51.9 Å². The lowest BCUT2D eigenvalue weighted by molar-refractivity contribution is 0.134. The Morgan fingerprint density at radius 3 is 2.38 bits per heavy atom. The predicted octanol–water partition coefficient (Wildman–Crippen LogP) is 7.51. The lowest BCUT2D eigenvalue weighted by atomic mass is 9.82. The second-order valence-electron chi connectivity index (χ2n) is 9.81. The number of alkyl carbamates (subject to hydrolysis) is 1. The largest absolute Gasteiger partial charge is 0.445 e. The quantitative estimate of drug-likeness (QED) is 0.317. The monoisotopic (exact) mass is 486 g/mol. The van der Waals surface area contributed by atoms with Gasteiger partial charge in [0, 0.05) is 5.70 Å². The second kappa shape index (κ2) is 9.98. The molecule has 4 aromatic rings. The zero-order valence-electron chi connectivity index (χ0n) is 20.9. The highest BCUT2D eigenvalue weighted by molar-refractivity contribution is 5.87. The maximum absolute atomic E-state index is 13.0. The number of benzene rings is 4. The lowest BCUT2D eigenvalue weighted by Crippen LogP contribution is -2.41. The van der Waals surface area contributed by atoms with E-state index in [0.29, 0.717) is 0 Å². The van der Waals surface area contributed by atoms with Crippen LogP contribution in [0.4, 0.5) is 10.5 Å². The van der Waals surface area contributed by atoms with Crippen LogP contribution in [0.2, 0.25) is 0 Å². The summed E-state index contributed by atoms with van der Waals surface area (Å²) in [6, 6.07) is 35.5. The average Bonchev–Trinajstić information content (AvgIpc) is 2.95. The first-order chi connectivity index (χ1) is 18.2. The van der Waals surface area contributed by atoms with Crippen LogP contribution in [0.25, 0.3) is 5.70 Å². The third kappa shape index (κ3) is 4.63. The maximum Gasteiger partial charge on any atom is 0.407 e. The molecule has 4 aromatic carbocycles. The van der Waals surface area contributed by atoms with Crippen molar-refractivity contribution < 1.29 is 9.53 Å². The number of nitrogens with one attached hydrogen (secondary N) is 1. The molecule has 37 heavy (non-hydrogen) atoms. The van der Waals surface area contributed by atoms with Crippen molar-refractivity contribution in [2.45, 2.75) is 38.5 Å². The average molecular weight is 487 g/mol. The molecule has 1 amide bonds. The number of nitrogens with zero attached hydrogens (tertiary/aromatic N) is 1. The van der Waals surface area contributed by atoms with Gasteiger partial charge in [-0.2, -0.15) is 0 Å². The van der Waals surface area contributed by atoms with Gasteiger partial charge in [0.1, 0.15) is 6.61 Å². The van der Waals surface area contributed by atoms with Gasteiger partial charge in [-0.1, -0.05) is 115 Å². The third-order valence-corrected chi connectivity index (χ3v) is 7.35. The molecular weight excluding hydrogens is 456 g/mol. The minimum atomic E-state index is -0.391. The Morgan fingerprint density at radius 2 is 1.62 bits per heavy atom. The minimum Gasteiger partial charge on any atom is -0.445 e. The van der Waals surface area contributed by atoms with E-state index in [4.69, 9.17) is 4.74 Å². The number of hydrogen-bond donors (Lipinski definition) is 1. The van der Waals surface area contributed by atoms with Gasteiger partial charge in [0.15, 0.2) is 0 Å². The van der Waals surface area contributed by atoms with E-state index in [0.717, 1.165) is 24.0 Å². The van der Waals surface area contributed by atoms with Crippen LogP contribution in [0.5, 0.6) is 0 Å². The molecule has 0 fully saturated rings. The molecule has 4 nitrogen and oxygen atoms in total. The standard InChI is InChI=1S/C33H30N2O2/c1-23-15-17-26(18-16-23)31-21-29(34-33(36)37-22-24-9-4-2-5-10-24)28-14-8-13-27-19-20-30(35(31)32(27)28)25-11-6-3-7-12-25/h2-18,20,29,31H,19,21-22H2,1H3,(H,34,36)/t29-,31-/m0/s1. The molecule has 0 saturated heterocycles. The highest BCUT2D eigenvalue weighted by atomic mass is 16.5. The number of ether oxygens (including phenoxy) is 1. The Bertz CT molecular complexity index is 1430. The highest BCUT2D eigenvalue weighted by Crippen LogP contribution is 2.51. The zero-order chi connectivity index (χ0) is 25.2. The fourth-order valence-electron chi connectivity index (χ4n) is 5.54. The van der Waals surface area contributed by atoms with Crippen molar-refractivity contribution in [3.05, 3.63) is 143 Å². The van der Waals surface area contributed by atoms with Gasteiger partial charge >= 0.3 is 6.09 Å². The van der Waals surface area contributed by atoms with Crippen molar-refractivity contribution in [2.75, 3.05) is 4.90 Å². The summed E-state index contributed by atoms with van der Waals surface area (Å²) in [4.78, 5) is 15.4. The van der Waals surface area contributed by atoms with Crippen molar-refractivity contribution >= 4 is 17.5 Å². The van der Waals surface area contributed by atoms with Gasteiger partial charge < -0.3 is 15.0 Å². The minimum absolute atomic E-state index is 0.0698. The van der Waals surface area contributed by atoms with E-state index in [1.54, 1.807) is 0 Å². The van der Waals surface area contributed by atoms with Gasteiger partial charge in [0.05, 0.1) is 17.8 Å². The molecule has 0 saturated carbocycles. The molecule has 1 N–H and O–H groups in total. The number of anilines is 1. The van der Waals surface area contributed by atoms with E-state index in [1.807, 2.05) is 30.3 Å². The summed E-state index contributed by atoms with van der Waals surface area (Å²) in [7, 11) is 0. The predicted molar refractivity (Wildman–Crippen MR) is 148 cm³/mol. The van der Waals surface area contributed by atoms with Crippen LogP contribution >= 0.6 is 0 Å². The van der Waals surface area contributed by atoms with E-state index in [9.17, 15) is 4.79 Å². The first kappa shape index (κ1) is 23.1. The van der Waals surface area contributed by atoms with Crippen LogP contribution in [0.3, 0.4) is 0 Å². The number of carbonyl (C=O) groups is 1. The maximum atomic E-state index is 13.0. The van der Waals surface area contributed by atoms with Gasteiger partial charge in [0.25, 0.3) is 0 Å². The summed E-state index contributed by atoms with van der Waals surface area (Å²) in [6.07, 6.45) is 3.54. The number of hydrogen-bond acceptors (Lipinski definition) is 3. The molecule has 0 unspecified atom stereocenters. The van der Waals surface area contributed by atoms with Gasteiger partial charge in [-0.25, -0.2) is 4.79 Å². The number of carbonyl (C=O) groups excluding carboxylic acids is 1. The Balaban J connectivity index is 1.37. The molecule has 0 bridgehead atoms. The van der Waals surface area contributed by atoms with Crippen LogP contribution < -0.4 is 10.2 Å². The highest BCUT2D eigenvalue weighted by Gasteiger charge is 2.39. The van der Waals surface area contributed by atoms with Crippen molar-refractivity contribution in [3.63, 3.8) is 0 Å². The second-order valence-corrected chi connectivity index (χ2v) is 9.81. The van der Waals surface area contributed by atoms with E-state index >= 15 is 0 Å². The first-order valence-corrected chi connectivity index (χ1v) is 12.9. The summed E-state index contributed by atoms with van der Waals surface area (Å²) < 4.78 is 5.62. The van der Waals surface area contributed by atoms with Gasteiger partial charge in [-0.15, -0.1) is 0 Å². The van der Waals surface area contributed by atoms with Crippen molar-refractivity contribution in [1.29, 1.82) is 0 Å². The van der Waals surface area contributed by atoms with E-state index in [2.05, 4.69) is 96.0 Å². The van der Waals surface area contributed by atoms with Gasteiger partial charge in [-0.05, 0) is 47.6 Å².